The Labute approximate surface area is 310 Å². The summed E-state index contributed by atoms with van der Waals surface area (Å²) in [6, 6.07) is 2.28. The van der Waals surface area contributed by atoms with Crippen molar-refractivity contribution in [3.8, 4) is 5.88 Å². The van der Waals surface area contributed by atoms with E-state index in [1.165, 1.54) is 23.2 Å². The third-order valence-electron chi connectivity index (χ3n) is 10.7. The van der Waals surface area contributed by atoms with Gasteiger partial charge in [0.05, 0.1) is 16.8 Å². The molecular formula is C36H42FN7O7S2. The van der Waals surface area contributed by atoms with Gasteiger partial charge >= 0.3 is 0 Å². The molecule has 3 N–H and O–H groups in total. The molecule has 4 heterocycles. The standard InChI is InChI=1S/C36H42FN7O7S2/c1-3-24-31(41-28-23(37)11-9-13-25(28)39-24)51-22-18-27-29(45)42-36(34(48)43-53(49,50)35(2)14-15-35)19-21(36)10-7-5-4-6-8-12-26(33(47)44(27)20-22)40-30(46)32-38-16-17-52-32/h7,9-11,13,16-17,21-22,26-27H,3-6,8,12,14-15,18-20H2,1-2H3,(H,40,46)(H,42,45)(H,43,48)/b10-7-/t21-,22-,26+,27+,36-/m1/s1. The van der Waals surface area contributed by atoms with Gasteiger partial charge in [0.2, 0.25) is 27.7 Å². The van der Waals surface area contributed by atoms with E-state index in [0.29, 0.717) is 49.7 Å². The average molecular weight is 768 g/mol. The second-order valence-corrected chi connectivity index (χ2v) is 17.6. The molecule has 1 aromatic carbocycles. The molecule has 14 nitrogen and oxygen atoms in total. The van der Waals surface area contributed by atoms with Crippen LogP contribution in [0.5, 0.6) is 5.88 Å². The predicted octanol–water partition coefficient (Wildman–Crippen LogP) is 3.33. The topological polar surface area (TPSA) is 190 Å². The molecule has 2 aliphatic heterocycles. The lowest BCUT2D eigenvalue weighted by Gasteiger charge is -2.30. The number of para-hydroxylation sites is 1. The fourth-order valence-electron chi connectivity index (χ4n) is 7.05. The molecule has 7 rings (SSSR count). The van der Waals surface area contributed by atoms with Crippen LogP contribution in [0.4, 0.5) is 4.39 Å². The number of hydrogen-bond acceptors (Lipinski definition) is 11. The Balaban J connectivity index is 1.21. The van der Waals surface area contributed by atoms with Gasteiger partial charge in [0.25, 0.3) is 11.8 Å². The van der Waals surface area contributed by atoms with Crippen LogP contribution in [0.2, 0.25) is 0 Å². The summed E-state index contributed by atoms with van der Waals surface area (Å²) < 4.78 is 48.5. The summed E-state index contributed by atoms with van der Waals surface area (Å²) in [4.78, 5) is 70.2. The molecule has 3 aromatic rings. The number of rotatable bonds is 8. The molecule has 4 amide bonds. The minimum atomic E-state index is -4.01. The average Bonchev–Trinajstić information content (AvgIpc) is 3.87. The van der Waals surface area contributed by atoms with E-state index in [1.54, 1.807) is 18.4 Å². The first kappa shape index (κ1) is 36.8. The molecule has 282 valence electrons. The Morgan fingerprint density at radius 2 is 1.98 bits per heavy atom. The lowest BCUT2D eigenvalue weighted by atomic mass is 10.0. The van der Waals surface area contributed by atoms with E-state index in [9.17, 15) is 32.0 Å². The normalized spacial score (nSPS) is 27.7. The number of aryl methyl sites for hydroxylation is 1. The van der Waals surface area contributed by atoms with Gasteiger partial charge in [-0.1, -0.05) is 38.0 Å². The first-order chi connectivity index (χ1) is 25.3. The van der Waals surface area contributed by atoms with Gasteiger partial charge in [-0.05, 0) is 64.0 Å². The number of benzene rings is 1. The van der Waals surface area contributed by atoms with E-state index in [-0.39, 0.29) is 35.8 Å². The highest BCUT2D eigenvalue weighted by Gasteiger charge is 2.63. The Kier molecular flexibility index (Phi) is 9.99. The number of allylic oxidation sites excluding steroid dienone is 1. The van der Waals surface area contributed by atoms with Gasteiger partial charge in [-0.15, -0.1) is 11.3 Å². The van der Waals surface area contributed by atoms with Crippen LogP contribution in [-0.4, -0.2) is 86.9 Å². The first-order valence-corrected chi connectivity index (χ1v) is 20.4. The summed E-state index contributed by atoms with van der Waals surface area (Å²) >= 11 is 1.13. The van der Waals surface area contributed by atoms with Crippen molar-refractivity contribution < 1.29 is 36.7 Å². The zero-order valence-electron chi connectivity index (χ0n) is 29.5. The van der Waals surface area contributed by atoms with Gasteiger partial charge in [-0.2, -0.15) is 0 Å². The Morgan fingerprint density at radius 1 is 1.17 bits per heavy atom. The monoisotopic (exact) mass is 767 g/mol. The molecule has 53 heavy (non-hydrogen) atoms. The molecule has 3 fully saturated rings. The summed E-state index contributed by atoms with van der Waals surface area (Å²) in [6.45, 7) is 3.34. The van der Waals surface area contributed by atoms with Gasteiger partial charge in [0.15, 0.2) is 10.8 Å². The number of ether oxygens (including phenoxy) is 1. The van der Waals surface area contributed by atoms with Gasteiger partial charge in [-0.25, -0.2) is 27.8 Å². The van der Waals surface area contributed by atoms with Crippen LogP contribution in [0.3, 0.4) is 0 Å². The minimum absolute atomic E-state index is 0.0159. The number of carbonyl (C=O) groups excluding carboxylic acids is 4. The highest BCUT2D eigenvalue weighted by Crippen LogP contribution is 2.47. The lowest BCUT2D eigenvalue weighted by Crippen LogP contribution is -2.58. The maximum Gasteiger partial charge on any atom is 0.280 e. The number of hydrogen-bond donors (Lipinski definition) is 3. The van der Waals surface area contributed by atoms with Crippen molar-refractivity contribution >= 4 is 56.0 Å². The molecule has 2 aliphatic carbocycles. The summed E-state index contributed by atoms with van der Waals surface area (Å²) in [6.07, 6.45) is 8.98. The van der Waals surface area contributed by atoms with Crippen molar-refractivity contribution in [3.63, 3.8) is 0 Å². The van der Waals surface area contributed by atoms with Crippen LogP contribution in [0.1, 0.15) is 87.1 Å². The molecule has 0 unspecified atom stereocenters. The molecule has 5 atom stereocenters. The minimum Gasteiger partial charge on any atom is -0.471 e. The number of nitrogens with one attached hydrogen (secondary N) is 3. The molecule has 2 saturated carbocycles. The quantitative estimate of drug-likeness (QED) is 0.287. The van der Waals surface area contributed by atoms with Gasteiger partial charge in [0, 0.05) is 23.9 Å². The van der Waals surface area contributed by atoms with Crippen LogP contribution in [0.15, 0.2) is 41.9 Å². The zero-order chi connectivity index (χ0) is 37.5. The smallest absolute Gasteiger partial charge is 0.280 e. The Bertz CT molecular complexity index is 2070. The second kappa shape index (κ2) is 14.4. The van der Waals surface area contributed by atoms with Crippen LogP contribution in [0.25, 0.3) is 11.0 Å². The fraction of sp³-hybridized carbons (Fsp3) is 0.528. The van der Waals surface area contributed by atoms with E-state index in [4.69, 9.17) is 4.74 Å². The van der Waals surface area contributed by atoms with E-state index < -0.39 is 73.9 Å². The van der Waals surface area contributed by atoms with Crippen molar-refractivity contribution in [2.24, 2.45) is 5.92 Å². The van der Waals surface area contributed by atoms with Crippen molar-refractivity contribution in [2.75, 3.05) is 6.54 Å². The summed E-state index contributed by atoms with van der Waals surface area (Å²) in [5.41, 5.74) is -0.710. The van der Waals surface area contributed by atoms with E-state index >= 15 is 0 Å². The van der Waals surface area contributed by atoms with Crippen LogP contribution in [0, 0.1) is 11.7 Å². The zero-order valence-corrected chi connectivity index (χ0v) is 31.1. The molecule has 0 bridgehead atoms. The second-order valence-electron chi connectivity index (χ2n) is 14.5. The van der Waals surface area contributed by atoms with Crippen molar-refractivity contribution in [3.05, 3.63) is 58.4 Å². The first-order valence-electron chi connectivity index (χ1n) is 18.0. The molecule has 2 aromatic heterocycles. The van der Waals surface area contributed by atoms with E-state index in [0.717, 1.165) is 24.2 Å². The number of sulfonamides is 1. The fourth-order valence-corrected chi connectivity index (χ4v) is 8.90. The number of halogens is 1. The number of nitrogens with zero attached hydrogens (tertiary/aromatic N) is 4. The van der Waals surface area contributed by atoms with E-state index in [2.05, 4.69) is 30.3 Å². The Morgan fingerprint density at radius 3 is 2.72 bits per heavy atom. The maximum absolute atomic E-state index is 14.8. The van der Waals surface area contributed by atoms with Gasteiger partial charge in [-0.3, -0.25) is 23.9 Å². The van der Waals surface area contributed by atoms with Crippen molar-refractivity contribution in [2.45, 2.75) is 107 Å². The molecule has 0 radical (unpaired) electrons. The molecular weight excluding hydrogens is 726 g/mol. The Hall–Kier alpha value is -4.51. The van der Waals surface area contributed by atoms with Crippen LogP contribution in [-0.2, 0) is 30.8 Å². The summed E-state index contributed by atoms with van der Waals surface area (Å²) in [5, 5.41) is 7.52. The highest BCUT2D eigenvalue weighted by atomic mass is 32.2. The molecule has 1 saturated heterocycles. The number of carbonyl (C=O) groups is 4. The highest BCUT2D eigenvalue weighted by molar-refractivity contribution is 7.91. The van der Waals surface area contributed by atoms with Crippen LogP contribution < -0.4 is 20.1 Å². The largest absolute Gasteiger partial charge is 0.471 e. The number of thiazole rings is 1. The van der Waals surface area contributed by atoms with E-state index in [1.807, 2.05) is 19.1 Å². The maximum atomic E-state index is 14.8. The molecule has 4 aliphatic rings. The molecule has 0 spiro atoms. The summed E-state index contributed by atoms with van der Waals surface area (Å²) in [5.74, 6) is -3.50. The summed E-state index contributed by atoms with van der Waals surface area (Å²) in [7, 11) is -4.01. The third-order valence-corrected chi connectivity index (χ3v) is 13.6. The number of aromatic nitrogens is 3. The van der Waals surface area contributed by atoms with Crippen molar-refractivity contribution in [1.29, 1.82) is 0 Å². The lowest BCUT2D eigenvalue weighted by molar-refractivity contribution is -0.141. The van der Waals surface area contributed by atoms with Gasteiger partial charge in [0.1, 0.15) is 34.9 Å². The predicted molar refractivity (Wildman–Crippen MR) is 193 cm³/mol. The number of amides is 4. The van der Waals surface area contributed by atoms with Gasteiger partial charge < -0.3 is 20.3 Å². The van der Waals surface area contributed by atoms with Crippen molar-refractivity contribution in [1.82, 2.24) is 35.2 Å². The third kappa shape index (κ3) is 7.37. The SMILES string of the molecule is CCc1nc2cccc(F)c2nc1O[C@@H]1C[C@H]2C(=O)N[C@]3(C(=O)NS(=O)(=O)C4(C)CC4)C[C@H]3/C=C\CCCCC[C@H](NC(=O)c3nccs3)C(=O)N2C1. The molecule has 17 heteroatoms. The van der Waals surface area contributed by atoms with Crippen LogP contribution >= 0.6 is 11.3 Å². The number of fused-ring (bicyclic) bond motifs is 3.